The molecule has 1 aliphatic heterocycles. The van der Waals surface area contributed by atoms with Crippen molar-refractivity contribution < 1.29 is 9.53 Å². The molecule has 0 bridgehead atoms. The molecule has 1 atom stereocenters. The molecule has 1 aromatic rings. The summed E-state index contributed by atoms with van der Waals surface area (Å²) in [7, 11) is 0. The summed E-state index contributed by atoms with van der Waals surface area (Å²) in [5.41, 5.74) is 4.30. The molecule has 0 radical (unpaired) electrons. The van der Waals surface area contributed by atoms with E-state index in [1.807, 2.05) is 6.92 Å². The standard InChI is InChI=1S/C17H23NO2/c1-2-20-17(19)15-9-10-18(12-15)16-8-7-13-5-3-4-6-14(13)11-16/h7-8,11,15H,2-6,9-10,12H2,1H3. The number of hydrogen-bond acceptors (Lipinski definition) is 3. The average Bonchev–Trinajstić information content (AvgIpc) is 2.97. The molecule has 1 aliphatic carbocycles. The van der Waals surface area contributed by atoms with E-state index in [-0.39, 0.29) is 11.9 Å². The fraction of sp³-hybridized carbons (Fsp3) is 0.588. The molecule has 1 saturated heterocycles. The highest BCUT2D eigenvalue weighted by Gasteiger charge is 2.29. The Balaban J connectivity index is 1.70. The summed E-state index contributed by atoms with van der Waals surface area (Å²) < 4.78 is 5.13. The minimum Gasteiger partial charge on any atom is -0.466 e. The molecule has 0 amide bonds. The van der Waals surface area contributed by atoms with Crippen LogP contribution in [0.15, 0.2) is 18.2 Å². The summed E-state index contributed by atoms with van der Waals surface area (Å²) in [6, 6.07) is 6.83. The maximum Gasteiger partial charge on any atom is 0.310 e. The van der Waals surface area contributed by atoms with Crippen molar-refractivity contribution in [2.45, 2.75) is 39.0 Å². The van der Waals surface area contributed by atoms with Crippen LogP contribution in [0.25, 0.3) is 0 Å². The number of nitrogens with zero attached hydrogens (tertiary/aromatic N) is 1. The molecule has 1 unspecified atom stereocenters. The van der Waals surface area contributed by atoms with Crippen molar-refractivity contribution in [2.24, 2.45) is 5.92 Å². The SMILES string of the molecule is CCOC(=O)C1CCN(c2ccc3c(c2)CCCC3)C1. The van der Waals surface area contributed by atoms with Gasteiger partial charge < -0.3 is 9.64 Å². The maximum absolute atomic E-state index is 11.8. The van der Waals surface area contributed by atoms with E-state index in [9.17, 15) is 4.79 Å². The van der Waals surface area contributed by atoms with Gasteiger partial charge in [-0.05, 0) is 62.3 Å². The van der Waals surface area contributed by atoms with E-state index in [1.54, 1.807) is 0 Å². The Morgan fingerprint density at radius 2 is 2.10 bits per heavy atom. The quantitative estimate of drug-likeness (QED) is 0.793. The van der Waals surface area contributed by atoms with Crippen molar-refractivity contribution in [3.8, 4) is 0 Å². The number of fused-ring (bicyclic) bond motifs is 1. The fourth-order valence-corrected chi connectivity index (χ4v) is 3.36. The predicted octanol–water partition coefficient (Wildman–Crippen LogP) is 2.95. The van der Waals surface area contributed by atoms with Crippen molar-refractivity contribution in [1.82, 2.24) is 0 Å². The average molecular weight is 273 g/mol. The Bertz CT molecular complexity index is 498. The van der Waals surface area contributed by atoms with E-state index in [4.69, 9.17) is 4.74 Å². The normalized spacial score (nSPS) is 21.6. The van der Waals surface area contributed by atoms with Crippen molar-refractivity contribution in [3.63, 3.8) is 0 Å². The van der Waals surface area contributed by atoms with Crippen LogP contribution >= 0.6 is 0 Å². The highest BCUT2D eigenvalue weighted by molar-refractivity contribution is 5.74. The van der Waals surface area contributed by atoms with Gasteiger partial charge in [0.2, 0.25) is 0 Å². The van der Waals surface area contributed by atoms with Gasteiger partial charge in [0.1, 0.15) is 0 Å². The van der Waals surface area contributed by atoms with Gasteiger partial charge >= 0.3 is 5.97 Å². The molecule has 3 nitrogen and oxygen atoms in total. The Hall–Kier alpha value is -1.51. The van der Waals surface area contributed by atoms with Crippen LogP contribution in [0.1, 0.15) is 37.3 Å². The van der Waals surface area contributed by atoms with E-state index >= 15 is 0 Å². The third kappa shape index (κ3) is 2.67. The predicted molar refractivity (Wildman–Crippen MR) is 80.0 cm³/mol. The molecule has 3 rings (SSSR count). The number of benzene rings is 1. The second kappa shape index (κ2) is 5.86. The summed E-state index contributed by atoms with van der Waals surface area (Å²) in [6.07, 6.45) is 5.97. The lowest BCUT2D eigenvalue weighted by atomic mass is 9.91. The van der Waals surface area contributed by atoms with Crippen LogP contribution in [0.2, 0.25) is 0 Å². The van der Waals surface area contributed by atoms with Crippen LogP contribution < -0.4 is 4.90 Å². The zero-order chi connectivity index (χ0) is 13.9. The van der Waals surface area contributed by atoms with Crippen molar-refractivity contribution >= 4 is 11.7 Å². The van der Waals surface area contributed by atoms with Gasteiger partial charge in [-0.3, -0.25) is 4.79 Å². The third-order valence-electron chi connectivity index (χ3n) is 4.51. The number of aryl methyl sites for hydroxylation is 2. The number of carbonyl (C=O) groups excluding carboxylic acids is 1. The van der Waals surface area contributed by atoms with Gasteiger partial charge in [-0.2, -0.15) is 0 Å². The molecule has 2 aliphatic rings. The Kier molecular flexibility index (Phi) is 3.95. The first kappa shape index (κ1) is 13.5. The molecule has 1 aromatic carbocycles. The minimum absolute atomic E-state index is 0.0343. The van der Waals surface area contributed by atoms with Crippen molar-refractivity contribution in [1.29, 1.82) is 0 Å². The summed E-state index contributed by atoms with van der Waals surface area (Å²) >= 11 is 0. The Labute approximate surface area is 120 Å². The first-order valence-electron chi connectivity index (χ1n) is 7.81. The van der Waals surface area contributed by atoms with Gasteiger partial charge in [0, 0.05) is 18.8 Å². The van der Waals surface area contributed by atoms with E-state index < -0.39 is 0 Å². The summed E-state index contributed by atoms with van der Waals surface area (Å²) in [6.45, 7) is 4.11. The molecule has 1 fully saturated rings. The van der Waals surface area contributed by atoms with Gasteiger partial charge in [0.25, 0.3) is 0 Å². The van der Waals surface area contributed by atoms with Gasteiger partial charge in [-0.15, -0.1) is 0 Å². The topological polar surface area (TPSA) is 29.5 Å². The van der Waals surface area contributed by atoms with Crippen molar-refractivity contribution in [2.75, 3.05) is 24.6 Å². The maximum atomic E-state index is 11.8. The van der Waals surface area contributed by atoms with Crippen LogP contribution in [0.5, 0.6) is 0 Å². The number of carbonyl (C=O) groups is 1. The summed E-state index contributed by atoms with van der Waals surface area (Å²) in [5.74, 6) is 0.0129. The highest BCUT2D eigenvalue weighted by Crippen LogP contribution is 2.29. The Morgan fingerprint density at radius 1 is 1.30 bits per heavy atom. The zero-order valence-electron chi connectivity index (χ0n) is 12.2. The molecule has 0 saturated carbocycles. The first-order valence-corrected chi connectivity index (χ1v) is 7.81. The van der Waals surface area contributed by atoms with E-state index in [0.717, 1.165) is 19.5 Å². The van der Waals surface area contributed by atoms with E-state index in [2.05, 4.69) is 23.1 Å². The lowest BCUT2D eigenvalue weighted by molar-refractivity contribution is -0.147. The van der Waals surface area contributed by atoms with Gasteiger partial charge in [0.05, 0.1) is 12.5 Å². The molecule has 1 heterocycles. The summed E-state index contributed by atoms with van der Waals surface area (Å²) in [4.78, 5) is 14.1. The summed E-state index contributed by atoms with van der Waals surface area (Å²) in [5, 5.41) is 0. The lowest BCUT2D eigenvalue weighted by Gasteiger charge is -2.22. The van der Waals surface area contributed by atoms with E-state index in [0.29, 0.717) is 6.61 Å². The molecule has 0 N–H and O–H groups in total. The molecule has 20 heavy (non-hydrogen) atoms. The molecular formula is C17H23NO2. The second-order valence-electron chi connectivity index (χ2n) is 5.84. The van der Waals surface area contributed by atoms with Gasteiger partial charge in [-0.1, -0.05) is 6.07 Å². The van der Waals surface area contributed by atoms with Crippen LogP contribution in [0, 0.1) is 5.92 Å². The molecule has 108 valence electrons. The van der Waals surface area contributed by atoms with Crippen molar-refractivity contribution in [3.05, 3.63) is 29.3 Å². The van der Waals surface area contributed by atoms with Gasteiger partial charge in [0.15, 0.2) is 0 Å². The first-order chi connectivity index (χ1) is 9.78. The number of esters is 1. The smallest absolute Gasteiger partial charge is 0.310 e. The number of anilines is 1. The number of rotatable bonds is 3. The van der Waals surface area contributed by atoms with Crippen LogP contribution in [-0.4, -0.2) is 25.7 Å². The zero-order valence-corrected chi connectivity index (χ0v) is 12.2. The van der Waals surface area contributed by atoms with Crippen LogP contribution in [-0.2, 0) is 22.4 Å². The second-order valence-corrected chi connectivity index (χ2v) is 5.84. The third-order valence-corrected chi connectivity index (χ3v) is 4.51. The van der Waals surface area contributed by atoms with Crippen LogP contribution in [0.3, 0.4) is 0 Å². The van der Waals surface area contributed by atoms with Crippen LogP contribution in [0.4, 0.5) is 5.69 Å². The van der Waals surface area contributed by atoms with Gasteiger partial charge in [-0.25, -0.2) is 0 Å². The molecule has 0 aromatic heterocycles. The minimum atomic E-state index is -0.0343. The monoisotopic (exact) mass is 273 g/mol. The van der Waals surface area contributed by atoms with E-state index in [1.165, 1.54) is 42.5 Å². The highest BCUT2D eigenvalue weighted by atomic mass is 16.5. The Morgan fingerprint density at radius 3 is 2.90 bits per heavy atom. The molecule has 0 spiro atoms. The molecule has 3 heteroatoms. The lowest BCUT2D eigenvalue weighted by Crippen LogP contribution is -2.24. The number of ether oxygens (including phenoxy) is 1. The molecular weight excluding hydrogens is 250 g/mol. The fourth-order valence-electron chi connectivity index (χ4n) is 3.36. The number of hydrogen-bond donors (Lipinski definition) is 0. The largest absolute Gasteiger partial charge is 0.466 e.